The zero-order valence-corrected chi connectivity index (χ0v) is 27.5. The number of hydrogen-bond donors (Lipinski definition) is 0. The van der Waals surface area contributed by atoms with Gasteiger partial charge in [0, 0.05) is 14.7 Å². The van der Waals surface area contributed by atoms with Crippen molar-refractivity contribution in [2.45, 2.75) is 26.5 Å². The van der Waals surface area contributed by atoms with Crippen molar-refractivity contribution in [3.05, 3.63) is 127 Å². The third-order valence-corrected chi connectivity index (χ3v) is 8.94. The molecule has 0 spiro atoms. The van der Waals surface area contributed by atoms with Crippen LogP contribution >= 0.6 is 56.5 Å². The van der Waals surface area contributed by atoms with Crippen LogP contribution < -0.4 is 19.6 Å². The largest absolute Gasteiger partial charge is 0.487 e. The van der Waals surface area contributed by atoms with Gasteiger partial charge in [-0.1, -0.05) is 41.7 Å². The Morgan fingerprint density at radius 1 is 1.19 bits per heavy atom. The zero-order chi connectivity index (χ0) is 30.0. The molecule has 0 bridgehead atoms. The molecule has 0 radical (unpaired) electrons. The Morgan fingerprint density at radius 2 is 1.93 bits per heavy atom. The Morgan fingerprint density at radius 3 is 2.64 bits per heavy atom. The van der Waals surface area contributed by atoms with E-state index in [1.54, 1.807) is 44.2 Å². The molecule has 0 saturated carbocycles. The van der Waals surface area contributed by atoms with Crippen LogP contribution in [-0.4, -0.2) is 17.1 Å². The van der Waals surface area contributed by atoms with Crippen LogP contribution in [0.2, 0.25) is 0 Å². The molecule has 0 aliphatic carbocycles. The first kappa shape index (κ1) is 30.1. The molecule has 1 aliphatic rings. The lowest BCUT2D eigenvalue weighted by molar-refractivity contribution is -0.139. The van der Waals surface area contributed by atoms with Crippen LogP contribution in [0.3, 0.4) is 0 Å². The van der Waals surface area contributed by atoms with Gasteiger partial charge in [0.2, 0.25) is 0 Å². The number of carbonyl (C=O) groups is 1. The molecule has 0 amide bonds. The Labute approximate surface area is 271 Å². The van der Waals surface area contributed by atoms with Gasteiger partial charge in [-0.2, -0.15) is 5.26 Å². The molecule has 42 heavy (non-hydrogen) atoms. The van der Waals surface area contributed by atoms with Gasteiger partial charge in [0.05, 0.1) is 43.7 Å². The summed E-state index contributed by atoms with van der Waals surface area (Å²) < 4.78 is 29.0. The molecule has 0 fully saturated rings. The summed E-state index contributed by atoms with van der Waals surface area (Å²) in [7, 11) is 0. The minimum absolute atomic E-state index is 0.156. The van der Waals surface area contributed by atoms with E-state index in [0.29, 0.717) is 37.5 Å². The highest BCUT2D eigenvalue weighted by atomic mass is 127. The van der Waals surface area contributed by atoms with E-state index in [1.165, 1.54) is 28.0 Å². The topological polar surface area (TPSA) is 93.7 Å². The van der Waals surface area contributed by atoms with Gasteiger partial charge in [0.15, 0.2) is 4.80 Å². The summed E-state index contributed by atoms with van der Waals surface area (Å²) in [5.41, 5.74) is 2.83. The molecule has 7 nitrogen and oxygen atoms in total. The van der Waals surface area contributed by atoms with Crippen molar-refractivity contribution < 1.29 is 18.7 Å². The minimum atomic E-state index is -0.836. The molecule has 3 aromatic carbocycles. The number of fused-ring (bicyclic) bond motifs is 1. The molecule has 0 unspecified atom stereocenters. The average molecular weight is 805 g/mol. The van der Waals surface area contributed by atoms with E-state index in [9.17, 15) is 19.2 Å². The van der Waals surface area contributed by atoms with Gasteiger partial charge in [-0.25, -0.2) is 14.2 Å². The highest BCUT2D eigenvalue weighted by molar-refractivity contribution is 14.1. The second-order valence-corrected chi connectivity index (χ2v) is 12.6. The van der Waals surface area contributed by atoms with Crippen molar-refractivity contribution in [1.29, 1.82) is 5.26 Å². The summed E-state index contributed by atoms with van der Waals surface area (Å²) in [6.45, 7) is 3.74. The van der Waals surface area contributed by atoms with Crippen molar-refractivity contribution in [3.8, 4) is 11.8 Å². The van der Waals surface area contributed by atoms with Crippen LogP contribution in [0.1, 0.15) is 42.1 Å². The number of nitrogens with zero attached hydrogens (tertiary/aromatic N) is 3. The normalized spacial score (nSPS) is 14.7. The Kier molecular flexibility index (Phi) is 9.24. The van der Waals surface area contributed by atoms with E-state index in [2.05, 4.69) is 56.2 Å². The van der Waals surface area contributed by atoms with Gasteiger partial charge in [0.1, 0.15) is 18.2 Å². The molecule has 4 aromatic rings. The zero-order valence-electron chi connectivity index (χ0n) is 22.4. The van der Waals surface area contributed by atoms with Crippen LogP contribution in [-0.2, 0) is 16.1 Å². The molecule has 1 aromatic heterocycles. The maximum atomic E-state index is 14.0. The van der Waals surface area contributed by atoms with E-state index in [4.69, 9.17) is 9.47 Å². The van der Waals surface area contributed by atoms with Crippen LogP contribution in [0.25, 0.3) is 6.08 Å². The van der Waals surface area contributed by atoms with Gasteiger partial charge >= 0.3 is 5.97 Å². The van der Waals surface area contributed by atoms with Crippen molar-refractivity contribution >= 4 is 68.6 Å². The molecule has 2 heterocycles. The fourth-order valence-electron chi connectivity index (χ4n) is 4.64. The maximum absolute atomic E-state index is 14.0. The Bertz CT molecular complexity index is 1960. The second kappa shape index (κ2) is 12.9. The average Bonchev–Trinajstić information content (AvgIpc) is 3.26. The third kappa shape index (κ3) is 6.06. The number of ether oxygens (including phenoxy) is 2. The van der Waals surface area contributed by atoms with E-state index < -0.39 is 17.8 Å². The fraction of sp³-hybridized carbons (Fsp3) is 0.161. The van der Waals surface area contributed by atoms with E-state index >= 15 is 0 Å². The Balaban J connectivity index is 1.65. The number of nitriles is 1. The number of thiazole rings is 1. The number of rotatable bonds is 7. The monoisotopic (exact) mass is 805 g/mol. The lowest BCUT2D eigenvalue weighted by Gasteiger charge is -2.24. The standard InChI is InChI=1S/C31H22FI2N3O4S/c1-3-40-30(39)26-17(2)36-31-37(27(26)18-8-10-22(32)11-9-18)29(38)25(42-31)13-21-12-23(33)14-24(34)28(21)41-16-20-7-5-4-6-19(20)15-35/h4-14,27H,3,16H2,1-2H3/t27-/m1/s1. The quantitative estimate of drug-likeness (QED) is 0.179. The van der Waals surface area contributed by atoms with E-state index in [0.717, 1.165) is 12.7 Å². The molecule has 0 saturated heterocycles. The molecular formula is C31H22FI2N3O4S. The first-order valence-corrected chi connectivity index (χ1v) is 15.7. The summed E-state index contributed by atoms with van der Waals surface area (Å²) in [6.07, 6.45) is 1.75. The molecule has 5 rings (SSSR count). The van der Waals surface area contributed by atoms with Crippen molar-refractivity contribution in [2.24, 2.45) is 4.99 Å². The van der Waals surface area contributed by atoms with Gasteiger partial charge in [-0.15, -0.1) is 0 Å². The van der Waals surface area contributed by atoms with Crippen LogP contribution in [0.15, 0.2) is 81.7 Å². The smallest absolute Gasteiger partial charge is 0.338 e. The van der Waals surface area contributed by atoms with Crippen molar-refractivity contribution in [2.75, 3.05) is 6.61 Å². The fourth-order valence-corrected chi connectivity index (χ4v) is 7.72. The number of aromatic nitrogens is 1. The predicted molar refractivity (Wildman–Crippen MR) is 174 cm³/mol. The number of carbonyl (C=O) groups excluding carboxylic acids is 1. The number of halogens is 3. The maximum Gasteiger partial charge on any atom is 0.338 e. The van der Waals surface area contributed by atoms with Crippen LogP contribution in [0, 0.1) is 24.3 Å². The molecule has 1 aliphatic heterocycles. The predicted octanol–water partition coefficient (Wildman–Crippen LogP) is 5.60. The first-order valence-electron chi connectivity index (χ1n) is 12.8. The summed E-state index contributed by atoms with van der Waals surface area (Å²) in [6, 6.07) is 18.2. The molecular weight excluding hydrogens is 783 g/mol. The molecule has 1 atom stereocenters. The van der Waals surface area contributed by atoms with E-state index in [1.807, 2.05) is 24.3 Å². The highest BCUT2D eigenvalue weighted by Crippen LogP contribution is 2.32. The highest BCUT2D eigenvalue weighted by Gasteiger charge is 2.33. The summed E-state index contributed by atoms with van der Waals surface area (Å²) in [4.78, 5) is 32.1. The summed E-state index contributed by atoms with van der Waals surface area (Å²) in [5, 5.41) is 9.48. The minimum Gasteiger partial charge on any atom is -0.487 e. The van der Waals surface area contributed by atoms with Crippen LogP contribution in [0.4, 0.5) is 4.39 Å². The molecule has 212 valence electrons. The Hall–Kier alpha value is -3.35. The van der Waals surface area contributed by atoms with Gasteiger partial charge in [0.25, 0.3) is 5.56 Å². The van der Waals surface area contributed by atoms with Gasteiger partial charge in [-0.05, 0) is 101 Å². The second-order valence-electron chi connectivity index (χ2n) is 9.22. The third-order valence-electron chi connectivity index (χ3n) is 6.54. The molecule has 11 heteroatoms. The molecule has 0 N–H and O–H groups in total. The number of benzene rings is 3. The summed E-state index contributed by atoms with van der Waals surface area (Å²) in [5.74, 6) is -0.432. The van der Waals surface area contributed by atoms with E-state index in [-0.39, 0.29) is 24.3 Å². The van der Waals surface area contributed by atoms with Crippen molar-refractivity contribution in [1.82, 2.24) is 4.57 Å². The van der Waals surface area contributed by atoms with Crippen LogP contribution in [0.5, 0.6) is 5.75 Å². The van der Waals surface area contributed by atoms with Crippen molar-refractivity contribution in [3.63, 3.8) is 0 Å². The summed E-state index contributed by atoms with van der Waals surface area (Å²) >= 11 is 5.60. The van der Waals surface area contributed by atoms with Gasteiger partial charge in [-0.3, -0.25) is 9.36 Å². The number of esters is 1. The lowest BCUT2D eigenvalue weighted by atomic mass is 9.96. The van der Waals surface area contributed by atoms with Gasteiger partial charge < -0.3 is 9.47 Å². The number of allylic oxidation sites excluding steroid dienone is 1. The lowest BCUT2D eigenvalue weighted by Crippen LogP contribution is -2.39. The number of hydrogen-bond acceptors (Lipinski definition) is 7. The first-order chi connectivity index (χ1) is 20.2. The SMILES string of the molecule is CCOC(=O)C1=C(C)N=c2sc(=Cc3cc(I)cc(I)c3OCc3ccccc3C#N)c(=O)n2[C@@H]1c1ccc(F)cc1.